The minimum absolute atomic E-state index is 0.0856. The second kappa shape index (κ2) is 4.09. The Morgan fingerprint density at radius 1 is 1.46 bits per heavy atom. The summed E-state index contributed by atoms with van der Waals surface area (Å²) in [5.41, 5.74) is -0.772. The van der Waals surface area contributed by atoms with Gasteiger partial charge >= 0.3 is 5.97 Å². The molecule has 1 fully saturated rings. The van der Waals surface area contributed by atoms with Crippen molar-refractivity contribution in [1.82, 2.24) is 0 Å². The van der Waals surface area contributed by atoms with Crippen LogP contribution in [0.25, 0.3) is 0 Å². The van der Waals surface area contributed by atoms with Crippen LogP contribution in [0.3, 0.4) is 0 Å². The molecule has 0 spiro atoms. The van der Waals surface area contributed by atoms with E-state index in [1.807, 2.05) is 13.8 Å². The summed E-state index contributed by atoms with van der Waals surface area (Å²) >= 11 is 0. The highest BCUT2D eigenvalue weighted by Gasteiger charge is 2.34. The van der Waals surface area contributed by atoms with Crippen LogP contribution in [0.1, 0.15) is 46.0 Å². The highest BCUT2D eigenvalue weighted by Crippen LogP contribution is 2.32. The summed E-state index contributed by atoms with van der Waals surface area (Å²) in [5, 5.41) is 9.87. The first-order chi connectivity index (χ1) is 6.02. The Morgan fingerprint density at radius 3 is 2.46 bits per heavy atom. The molecule has 3 heteroatoms. The average Bonchev–Trinajstić information content (AvgIpc) is 2.33. The van der Waals surface area contributed by atoms with Crippen molar-refractivity contribution in [2.24, 2.45) is 0 Å². The molecule has 3 nitrogen and oxygen atoms in total. The predicted molar refractivity (Wildman–Crippen MR) is 49.3 cm³/mol. The van der Waals surface area contributed by atoms with Crippen LogP contribution in [0.4, 0.5) is 0 Å². The lowest BCUT2D eigenvalue weighted by Crippen LogP contribution is -2.29. The lowest BCUT2D eigenvalue weighted by molar-refractivity contribution is -0.152. The van der Waals surface area contributed by atoms with Crippen molar-refractivity contribution >= 4 is 5.97 Å². The van der Waals surface area contributed by atoms with Crippen LogP contribution in [-0.2, 0) is 9.53 Å². The topological polar surface area (TPSA) is 46.5 Å². The zero-order valence-electron chi connectivity index (χ0n) is 8.38. The van der Waals surface area contributed by atoms with E-state index in [1.54, 1.807) is 0 Å². The number of carbonyl (C=O) groups is 1. The first-order valence-electron chi connectivity index (χ1n) is 4.94. The quantitative estimate of drug-likeness (QED) is 0.681. The second-order valence-corrected chi connectivity index (χ2v) is 4.15. The van der Waals surface area contributed by atoms with Crippen molar-refractivity contribution < 1.29 is 14.6 Å². The van der Waals surface area contributed by atoms with Crippen LogP contribution in [-0.4, -0.2) is 22.8 Å². The first-order valence-corrected chi connectivity index (χ1v) is 4.94. The smallest absolute Gasteiger partial charge is 0.308 e. The summed E-state index contributed by atoms with van der Waals surface area (Å²) in [6.07, 6.45) is 3.58. The van der Waals surface area contributed by atoms with Gasteiger partial charge in [0.1, 0.15) is 0 Å². The van der Waals surface area contributed by atoms with E-state index < -0.39 is 5.60 Å². The summed E-state index contributed by atoms with van der Waals surface area (Å²) < 4.78 is 4.98. The number of rotatable bonds is 3. The molecule has 1 aliphatic carbocycles. The van der Waals surface area contributed by atoms with Gasteiger partial charge in [-0.15, -0.1) is 0 Å². The Labute approximate surface area is 79.1 Å². The van der Waals surface area contributed by atoms with Crippen molar-refractivity contribution in [3.05, 3.63) is 0 Å². The third-order valence-corrected chi connectivity index (χ3v) is 2.37. The molecule has 0 saturated heterocycles. The second-order valence-electron chi connectivity index (χ2n) is 4.15. The predicted octanol–water partition coefficient (Wildman–Crippen LogP) is 1.63. The van der Waals surface area contributed by atoms with Gasteiger partial charge in [0.2, 0.25) is 0 Å². The number of carbonyl (C=O) groups excluding carboxylic acids is 1. The molecule has 13 heavy (non-hydrogen) atoms. The minimum Gasteiger partial charge on any atom is -0.463 e. The largest absolute Gasteiger partial charge is 0.463 e. The Bertz CT molecular complexity index is 181. The van der Waals surface area contributed by atoms with Gasteiger partial charge in [-0.25, -0.2) is 0 Å². The molecule has 1 saturated carbocycles. The lowest BCUT2D eigenvalue weighted by atomic mass is 9.98. The fourth-order valence-electron chi connectivity index (χ4n) is 1.78. The van der Waals surface area contributed by atoms with E-state index in [9.17, 15) is 9.90 Å². The van der Waals surface area contributed by atoms with E-state index in [0.717, 1.165) is 25.7 Å². The summed E-state index contributed by atoms with van der Waals surface area (Å²) in [6.45, 7) is 3.63. The van der Waals surface area contributed by atoms with Gasteiger partial charge in [0, 0.05) is 0 Å². The molecule has 1 aliphatic rings. The highest BCUT2D eigenvalue weighted by atomic mass is 16.5. The van der Waals surface area contributed by atoms with Gasteiger partial charge in [-0.1, -0.05) is 12.8 Å². The number of esters is 1. The number of hydrogen-bond donors (Lipinski definition) is 1. The van der Waals surface area contributed by atoms with Gasteiger partial charge in [-0.2, -0.15) is 0 Å². The summed E-state index contributed by atoms with van der Waals surface area (Å²) in [7, 11) is 0. The monoisotopic (exact) mass is 186 g/mol. The molecule has 0 amide bonds. The molecule has 0 atom stereocenters. The van der Waals surface area contributed by atoms with Crippen LogP contribution in [0.2, 0.25) is 0 Å². The molecular weight excluding hydrogens is 168 g/mol. The van der Waals surface area contributed by atoms with Gasteiger partial charge < -0.3 is 9.84 Å². The highest BCUT2D eigenvalue weighted by molar-refractivity contribution is 5.70. The van der Waals surface area contributed by atoms with Crippen LogP contribution < -0.4 is 0 Å². The summed E-state index contributed by atoms with van der Waals surface area (Å²) in [5.74, 6) is -0.278. The van der Waals surface area contributed by atoms with E-state index in [2.05, 4.69) is 0 Å². The van der Waals surface area contributed by atoms with Crippen molar-refractivity contribution in [2.45, 2.75) is 57.7 Å². The molecule has 76 valence electrons. The van der Waals surface area contributed by atoms with Crippen LogP contribution in [0.5, 0.6) is 0 Å². The third-order valence-electron chi connectivity index (χ3n) is 2.37. The van der Waals surface area contributed by atoms with E-state index in [4.69, 9.17) is 4.74 Å². The van der Waals surface area contributed by atoms with Gasteiger partial charge in [0.15, 0.2) is 0 Å². The first kappa shape index (κ1) is 10.5. The van der Waals surface area contributed by atoms with Crippen LogP contribution in [0, 0.1) is 0 Å². The minimum atomic E-state index is -0.772. The Morgan fingerprint density at radius 2 is 2.00 bits per heavy atom. The molecular formula is C10H18O3. The maximum Gasteiger partial charge on any atom is 0.308 e. The fourth-order valence-corrected chi connectivity index (χ4v) is 1.78. The van der Waals surface area contributed by atoms with Gasteiger partial charge in [-0.05, 0) is 26.7 Å². The van der Waals surface area contributed by atoms with Crippen molar-refractivity contribution in [1.29, 1.82) is 0 Å². The van der Waals surface area contributed by atoms with Crippen LogP contribution in [0.15, 0.2) is 0 Å². The van der Waals surface area contributed by atoms with Crippen molar-refractivity contribution in [3.63, 3.8) is 0 Å². The maximum absolute atomic E-state index is 11.2. The molecule has 0 aromatic rings. The Hall–Kier alpha value is -0.570. The zero-order valence-corrected chi connectivity index (χ0v) is 8.38. The molecule has 1 N–H and O–H groups in total. The van der Waals surface area contributed by atoms with Crippen molar-refractivity contribution in [3.8, 4) is 0 Å². The fraction of sp³-hybridized carbons (Fsp3) is 0.900. The molecule has 0 aromatic carbocycles. The molecule has 0 radical (unpaired) electrons. The molecule has 0 heterocycles. The molecule has 0 aromatic heterocycles. The van der Waals surface area contributed by atoms with Crippen LogP contribution >= 0.6 is 0 Å². The molecule has 1 rings (SSSR count). The zero-order chi connectivity index (χ0) is 9.90. The van der Waals surface area contributed by atoms with E-state index >= 15 is 0 Å². The number of ether oxygens (including phenoxy) is 1. The van der Waals surface area contributed by atoms with Gasteiger partial charge in [0.25, 0.3) is 0 Å². The standard InChI is InChI=1S/C10H18O3/c1-8(2)13-9(11)7-10(12)5-3-4-6-10/h8,12H,3-7H2,1-2H3. The summed E-state index contributed by atoms with van der Waals surface area (Å²) in [4.78, 5) is 11.2. The lowest BCUT2D eigenvalue weighted by Gasteiger charge is -2.21. The van der Waals surface area contributed by atoms with Crippen molar-refractivity contribution in [2.75, 3.05) is 0 Å². The molecule has 0 unspecified atom stereocenters. The molecule has 0 bridgehead atoms. The third kappa shape index (κ3) is 3.35. The van der Waals surface area contributed by atoms with Gasteiger partial charge in [0.05, 0.1) is 18.1 Å². The number of hydrogen-bond acceptors (Lipinski definition) is 3. The normalized spacial score (nSPS) is 20.6. The number of aliphatic hydroxyl groups is 1. The Kier molecular flexibility index (Phi) is 3.31. The van der Waals surface area contributed by atoms with E-state index in [0.29, 0.717) is 0 Å². The van der Waals surface area contributed by atoms with E-state index in [-0.39, 0.29) is 18.5 Å². The molecule has 0 aliphatic heterocycles. The Balaban J connectivity index is 2.34. The van der Waals surface area contributed by atoms with E-state index in [1.165, 1.54) is 0 Å². The summed E-state index contributed by atoms with van der Waals surface area (Å²) in [6, 6.07) is 0. The SMILES string of the molecule is CC(C)OC(=O)CC1(O)CCCC1. The maximum atomic E-state index is 11.2. The average molecular weight is 186 g/mol. The van der Waals surface area contributed by atoms with Gasteiger partial charge in [-0.3, -0.25) is 4.79 Å².